The van der Waals surface area contributed by atoms with Crippen LogP contribution in [0, 0.1) is 0 Å². The van der Waals surface area contributed by atoms with Crippen molar-refractivity contribution in [1.82, 2.24) is 20.4 Å². The fraction of sp³-hybridized carbons (Fsp3) is 0.615. The highest BCUT2D eigenvalue weighted by molar-refractivity contribution is 6.45. The number of carbonyl (C=O) groups excluding carboxylic acids is 5. The Kier molecular flexibility index (Phi) is 6.48. The van der Waals surface area contributed by atoms with Crippen LogP contribution in [-0.4, -0.2) is 65.6 Å². The summed E-state index contributed by atoms with van der Waals surface area (Å²) in [4.78, 5) is 59.6. The molecule has 22 heavy (non-hydrogen) atoms. The van der Waals surface area contributed by atoms with Crippen LogP contribution in [0.25, 0.3) is 0 Å². The summed E-state index contributed by atoms with van der Waals surface area (Å²) in [5.41, 5.74) is 0. The predicted molar refractivity (Wildman–Crippen MR) is 75.4 cm³/mol. The maximum atomic E-state index is 12.0. The molecule has 6 amide bonds. The van der Waals surface area contributed by atoms with Crippen LogP contribution < -0.4 is 10.6 Å². The van der Waals surface area contributed by atoms with Crippen LogP contribution >= 0.6 is 0 Å². The lowest BCUT2D eigenvalue weighted by Crippen LogP contribution is -2.44. The molecule has 0 aliphatic carbocycles. The fourth-order valence-electron chi connectivity index (χ4n) is 1.84. The third-order valence-electron chi connectivity index (χ3n) is 2.99. The molecule has 0 radical (unpaired) electrons. The SMILES string of the molecule is CCCCN1C(=O)C(=O)N(CC(=O)NCC(=O)NCC)C1=O. The molecule has 1 saturated heterocycles. The Hall–Kier alpha value is -2.45. The molecular formula is C13H20N4O5. The van der Waals surface area contributed by atoms with Crippen LogP contribution in [0.4, 0.5) is 4.79 Å². The monoisotopic (exact) mass is 312 g/mol. The lowest BCUT2D eigenvalue weighted by Gasteiger charge is -2.14. The van der Waals surface area contributed by atoms with Crippen LogP contribution in [0.15, 0.2) is 0 Å². The molecule has 1 aliphatic heterocycles. The Morgan fingerprint density at radius 2 is 1.59 bits per heavy atom. The molecule has 0 spiro atoms. The molecule has 122 valence electrons. The summed E-state index contributed by atoms with van der Waals surface area (Å²) in [6.45, 7) is 3.37. The summed E-state index contributed by atoms with van der Waals surface area (Å²) < 4.78 is 0. The Labute approximate surface area is 128 Å². The average Bonchev–Trinajstić information content (AvgIpc) is 2.68. The van der Waals surface area contributed by atoms with Crippen molar-refractivity contribution >= 4 is 29.7 Å². The van der Waals surface area contributed by atoms with Gasteiger partial charge in [0.25, 0.3) is 0 Å². The van der Waals surface area contributed by atoms with E-state index in [1.165, 1.54) is 0 Å². The molecule has 0 aromatic heterocycles. The highest BCUT2D eigenvalue weighted by Crippen LogP contribution is 2.12. The number of hydrogen-bond acceptors (Lipinski definition) is 5. The highest BCUT2D eigenvalue weighted by Gasteiger charge is 2.44. The number of urea groups is 1. The maximum Gasteiger partial charge on any atom is 0.334 e. The van der Waals surface area contributed by atoms with Gasteiger partial charge in [-0.2, -0.15) is 0 Å². The standard InChI is InChI=1S/C13H20N4O5/c1-3-5-6-16-11(20)12(21)17(13(16)22)8-10(19)15-7-9(18)14-4-2/h3-8H2,1-2H3,(H,14,18)(H,15,19). The Morgan fingerprint density at radius 1 is 0.955 bits per heavy atom. The van der Waals surface area contributed by atoms with Crippen molar-refractivity contribution in [2.45, 2.75) is 26.7 Å². The number of amides is 6. The van der Waals surface area contributed by atoms with E-state index in [0.717, 1.165) is 11.3 Å². The van der Waals surface area contributed by atoms with Crippen LogP contribution in [0.3, 0.4) is 0 Å². The number of nitrogens with zero attached hydrogens (tertiary/aromatic N) is 2. The molecule has 0 aromatic carbocycles. The van der Waals surface area contributed by atoms with Gasteiger partial charge in [0, 0.05) is 13.1 Å². The fourth-order valence-corrected chi connectivity index (χ4v) is 1.84. The smallest absolute Gasteiger partial charge is 0.334 e. The quantitative estimate of drug-likeness (QED) is 0.433. The first-order valence-electron chi connectivity index (χ1n) is 7.13. The minimum Gasteiger partial charge on any atom is -0.355 e. The third-order valence-corrected chi connectivity index (χ3v) is 2.99. The molecule has 2 N–H and O–H groups in total. The van der Waals surface area contributed by atoms with Gasteiger partial charge in [0.2, 0.25) is 11.8 Å². The van der Waals surface area contributed by atoms with Crippen molar-refractivity contribution < 1.29 is 24.0 Å². The average molecular weight is 312 g/mol. The van der Waals surface area contributed by atoms with Crippen LogP contribution in [-0.2, 0) is 19.2 Å². The topological polar surface area (TPSA) is 116 Å². The first kappa shape index (κ1) is 17.6. The Bertz CT molecular complexity index is 491. The van der Waals surface area contributed by atoms with Crippen molar-refractivity contribution in [2.24, 2.45) is 0 Å². The number of carbonyl (C=O) groups is 5. The summed E-state index contributed by atoms with van der Waals surface area (Å²) in [5, 5.41) is 4.77. The minimum atomic E-state index is -1.02. The number of hydrogen-bond donors (Lipinski definition) is 2. The van der Waals surface area contributed by atoms with Crippen molar-refractivity contribution in [3.05, 3.63) is 0 Å². The van der Waals surface area contributed by atoms with E-state index < -0.39 is 30.3 Å². The molecule has 1 aliphatic rings. The van der Waals surface area contributed by atoms with Crippen molar-refractivity contribution in [3.63, 3.8) is 0 Å². The number of rotatable bonds is 8. The van der Waals surface area contributed by atoms with E-state index in [1.54, 1.807) is 6.92 Å². The zero-order valence-electron chi connectivity index (χ0n) is 12.7. The molecule has 0 unspecified atom stereocenters. The van der Waals surface area contributed by atoms with E-state index in [4.69, 9.17) is 0 Å². The molecule has 1 fully saturated rings. The minimum absolute atomic E-state index is 0.150. The van der Waals surface area contributed by atoms with Gasteiger partial charge in [0.15, 0.2) is 0 Å². The van der Waals surface area contributed by atoms with Crippen LogP contribution in [0.2, 0.25) is 0 Å². The molecule has 0 aromatic rings. The second-order valence-corrected chi connectivity index (χ2v) is 4.71. The van der Waals surface area contributed by atoms with Crippen LogP contribution in [0.1, 0.15) is 26.7 Å². The lowest BCUT2D eigenvalue weighted by molar-refractivity contribution is -0.144. The van der Waals surface area contributed by atoms with Gasteiger partial charge in [-0.05, 0) is 13.3 Å². The van der Waals surface area contributed by atoms with Gasteiger partial charge in [0.05, 0.1) is 6.54 Å². The molecule has 0 saturated carbocycles. The number of unbranched alkanes of at least 4 members (excludes halogenated alkanes) is 1. The maximum absolute atomic E-state index is 12.0. The summed E-state index contributed by atoms with van der Waals surface area (Å²) >= 11 is 0. The molecule has 1 heterocycles. The van der Waals surface area contributed by atoms with Gasteiger partial charge in [-0.3, -0.25) is 24.1 Å². The summed E-state index contributed by atoms with van der Waals surface area (Å²) in [5.74, 6) is -3.00. The Balaban J connectivity index is 2.56. The summed E-state index contributed by atoms with van der Waals surface area (Å²) in [6.07, 6.45) is 1.35. The first-order valence-corrected chi connectivity index (χ1v) is 7.13. The zero-order valence-corrected chi connectivity index (χ0v) is 12.7. The van der Waals surface area contributed by atoms with Gasteiger partial charge in [-0.25, -0.2) is 9.69 Å². The van der Waals surface area contributed by atoms with E-state index in [1.807, 2.05) is 6.92 Å². The summed E-state index contributed by atoms with van der Waals surface area (Å²) in [7, 11) is 0. The predicted octanol–water partition coefficient (Wildman–Crippen LogP) is -1.17. The second kappa shape index (κ2) is 8.11. The van der Waals surface area contributed by atoms with Crippen molar-refractivity contribution in [2.75, 3.05) is 26.2 Å². The summed E-state index contributed by atoms with van der Waals surface area (Å²) in [6, 6.07) is -0.795. The third kappa shape index (κ3) is 4.27. The van der Waals surface area contributed by atoms with E-state index >= 15 is 0 Å². The largest absolute Gasteiger partial charge is 0.355 e. The van der Waals surface area contributed by atoms with E-state index in [-0.39, 0.29) is 19.0 Å². The van der Waals surface area contributed by atoms with E-state index in [2.05, 4.69) is 10.6 Å². The first-order chi connectivity index (χ1) is 10.4. The highest BCUT2D eigenvalue weighted by atomic mass is 16.2. The van der Waals surface area contributed by atoms with Crippen molar-refractivity contribution in [3.8, 4) is 0 Å². The van der Waals surface area contributed by atoms with Gasteiger partial charge >= 0.3 is 17.8 Å². The van der Waals surface area contributed by atoms with E-state index in [0.29, 0.717) is 17.9 Å². The number of imide groups is 2. The van der Waals surface area contributed by atoms with E-state index in [9.17, 15) is 24.0 Å². The van der Waals surface area contributed by atoms with Gasteiger partial charge in [-0.15, -0.1) is 0 Å². The van der Waals surface area contributed by atoms with Crippen LogP contribution in [0.5, 0.6) is 0 Å². The van der Waals surface area contributed by atoms with Gasteiger partial charge in [0.1, 0.15) is 6.54 Å². The van der Waals surface area contributed by atoms with Crippen molar-refractivity contribution in [1.29, 1.82) is 0 Å². The lowest BCUT2D eigenvalue weighted by atomic mass is 10.3. The normalized spacial score (nSPS) is 14.5. The molecule has 0 atom stereocenters. The number of nitrogens with one attached hydrogen (secondary N) is 2. The molecular weight excluding hydrogens is 292 g/mol. The second-order valence-electron chi connectivity index (χ2n) is 4.71. The molecule has 1 rings (SSSR count). The molecule has 9 heteroatoms. The molecule has 9 nitrogen and oxygen atoms in total. The molecule has 0 bridgehead atoms. The number of likely N-dealkylation sites (N-methyl/N-ethyl adjacent to an activating group) is 1. The van der Waals surface area contributed by atoms with Gasteiger partial charge < -0.3 is 10.6 Å². The Morgan fingerprint density at radius 3 is 2.18 bits per heavy atom. The van der Waals surface area contributed by atoms with Gasteiger partial charge in [-0.1, -0.05) is 13.3 Å². The zero-order chi connectivity index (χ0) is 16.7.